The first kappa shape index (κ1) is 26.1. The van der Waals surface area contributed by atoms with Crippen LogP contribution < -0.4 is 30.8 Å². The minimum Gasteiger partial charge on any atom is -0.493 e. The number of hydrazine groups is 1. The summed E-state index contributed by atoms with van der Waals surface area (Å²) in [6, 6.07) is 13.5. The number of nitrogens with one attached hydrogen (secondary N) is 2. The molecule has 11 nitrogen and oxygen atoms in total. The summed E-state index contributed by atoms with van der Waals surface area (Å²) in [5, 5.41) is 10.1. The number of rotatable bonds is 5. The molecule has 4 unspecified atom stereocenters. The van der Waals surface area contributed by atoms with Crippen molar-refractivity contribution < 1.29 is 28.5 Å². The zero-order chi connectivity index (χ0) is 26.8. The molecule has 2 fully saturated rings. The van der Waals surface area contributed by atoms with E-state index in [0.717, 1.165) is 10.0 Å². The van der Waals surface area contributed by atoms with E-state index in [9.17, 15) is 10.1 Å². The Hall–Kier alpha value is -3.50. The lowest BCUT2D eigenvalue weighted by molar-refractivity contribution is 0.0340. The first-order valence-electron chi connectivity index (χ1n) is 12.1. The zero-order valence-electron chi connectivity index (χ0n) is 20.9. The van der Waals surface area contributed by atoms with Crippen LogP contribution in [0.5, 0.6) is 17.2 Å². The van der Waals surface area contributed by atoms with Crippen molar-refractivity contribution >= 4 is 22.0 Å². The van der Waals surface area contributed by atoms with Gasteiger partial charge in [-0.25, -0.2) is 15.6 Å². The maximum atomic E-state index is 12.8. The Balaban J connectivity index is 1.55. The quantitative estimate of drug-likeness (QED) is 0.479. The molecule has 3 heterocycles. The van der Waals surface area contributed by atoms with Crippen molar-refractivity contribution in [3.05, 3.63) is 63.5 Å². The Labute approximate surface area is 228 Å². The normalized spacial score (nSPS) is 24.7. The lowest BCUT2D eigenvalue weighted by atomic mass is 9.74. The van der Waals surface area contributed by atoms with E-state index in [2.05, 4.69) is 32.9 Å². The molecule has 38 heavy (non-hydrogen) atoms. The number of nitriles is 1. The van der Waals surface area contributed by atoms with E-state index < -0.39 is 18.2 Å². The van der Waals surface area contributed by atoms with Gasteiger partial charge in [0.25, 0.3) is 0 Å². The van der Waals surface area contributed by atoms with Crippen LogP contribution in [-0.2, 0) is 9.47 Å². The molecule has 4 atom stereocenters. The molecule has 12 heteroatoms. The third-order valence-electron chi connectivity index (χ3n) is 6.98. The Morgan fingerprint density at radius 3 is 2.37 bits per heavy atom. The van der Waals surface area contributed by atoms with Crippen molar-refractivity contribution in [3.63, 3.8) is 0 Å². The Bertz CT molecular complexity index is 1250. The molecule has 1 amide bonds. The highest BCUT2D eigenvalue weighted by Gasteiger charge is 2.49. The van der Waals surface area contributed by atoms with Crippen LogP contribution in [0, 0.1) is 17.2 Å². The highest BCUT2D eigenvalue weighted by atomic mass is 79.9. The van der Waals surface area contributed by atoms with Crippen LogP contribution in [0.25, 0.3) is 0 Å². The molecule has 0 spiro atoms. The fraction of sp³-hybridized carbons (Fsp3) is 0.385. The minimum absolute atomic E-state index is 0.0465. The van der Waals surface area contributed by atoms with Gasteiger partial charge in [0.1, 0.15) is 6.07 Å². The summed E-state index contributed by atoms with van der Waals surface area (Å²) in [6.07, 6.45) is -1.02. The van der Waals surface area contributed by atoms with Crippen molar-refractivity contribution in [1.82, 2.24) is 15.8 Å². The van der Waals surface area contributed by atoms with Gasteiger partial charge in [0.2, 0.25) is 11.6 Å². The molecular formula is C26H28BrN5O6. The van der Waals surface area contributed by atoms with Gasteiger partial charge >= 0.3 is 6.09 Å². The number of halogens is 1. The number of benzene rings is 2. The molecule has 0 radical (unpaired) electrons. The van der Waals surface area contributed by atoms with Gasteiger partial charge in [0.15, 0.2) is 17.7 Å². The molecule has 3 aliphatic rings. The van der Waals surface area contributed by atoms with Gasteiger partial charge in [-0.1, -0.05) is 28.1 Å². The van der Waals surface area contributed by atoms with Crippen LogP contribution in [0.2, 0.25) is 0 Å². The first-order chi connectivity index (χ1) is 18.4. The molecule has 0 aliphatic carbocycles. The van der Waals surface area contributed by atoms with E-state index in [-0.39, 0.29) is 23.6 Å². The number of morpholine rings is 1. The number of carbonyl (C=O) groups excluding carboxylic acids is 1. The number of fused-ring (bicyclic) bond motifs is 1. The summed E-state index contributed by atoms with van der Waals surface area (Å²) in [5.74, 6) is 0.0422. The van der Waals surface area contributed by atoms with Crippen LogP contribution in [0.4, 0.5) is 4.79 Å². The van der Waals surface area contributed by atoms with Gasteiger partial charge in [-0.15, -0.1) is 0 Å². The average molecular weight is 586 g/mol. The first-order valence-corrected chi connectivity index (χ1v) is 12.9. The van der Waals surface area contributed by atoms with E-state index >= 15 is 0 Å². The molecule has 2 saturated heterocycles. The number of carbonyl (C=O) groups is 1. The van der Waals surface area contributed by atoms with Crippen LogP contribution in [0.1, 0.15) is 23.1 Å². The lowest BCUT2D eigenvalue weighted by Gasteiger charge is -2.36. The van der Waals surface area contributed by atoms with E-state index in [1.807, 2.05) is 24.3 Å². The van der Waals surface area contributed by atoms with Gasteiger partial charge < -0.3 is 34.3 Å². The molecule has 5 rings (SSSR count). The largest absolute Gasteiger partial charge is 0.493 e. The summed E-state index contributed by atoms with van der Waals surface area (Å²) >= 11 is 3.48. The summed E-state index contributed by atoms with van der Waals surface area (Å²) in [4.78, 5) is 14.4. The summed E-state index contributed by atoms with van der Waals surface area (Å²) in [7, 11) is 2.96. The van der Waals surface area contributed by atoms with Gasteiger partial charge in [-0.2, -0.15) is 5.26 Å². The molecule has 0 aromatic heterocycles. The van der Waals surface area contributed by atoms with Gasteiger partial charge in [-0.05, 0) is 35.4 Å². The smallest absolute Gasteiger partial charge is 0.415 e. The standard InChI is InChI=1S/C26H28BrN5O6/c1-34-18-11-15(12-19(35-2)23(18)37-26(33)32-7-9-36-10-8-32)20-17(13-28)24(29)38-25-21(20)22(30-31-25)14-3-5-16(27)6-4-14/h3-6,11-12,20-22,25,30-31H,7-10,29H2,1-2H3. The number of hydrogen-bond donors (Lipinski definition) is 3. The monoisotopic (exact) mass is 585 g/mol. The highest BCUT2D eigenvalue weighted by Crippen LogP contribution is 2.50. The van der Waals surface area contributed by atoms with E-state index in [4.69, 9.17) is 29.4 Å². The Morgan fingerprint density at radius 1 is 1.11 bits per heavy atom. The topological polar surface area (TPSA) is 140 Å². The number of ether oxygens (including phenoxy) is 5. The van der Waals surface area contributed by atoms with Crippen LogP contribution in [0.15, 0.2) is 52.3 Å². The summed E-state index contributed by atoms with van der Waals surface area (Å²) in [6.45, 7) is 1.75. The molecular weight excluding hydrogens is 558 g/mol. The molecule has 2 aromatic rings. The van der Waals surface area contributed by atoms with Crippen molar-refractivity contribution in [3.8, 4) is 23.3 Å². The van der Waals surface area contributed by atoms with E-state index in [0.29, 0.717) is 48.9 Å². The molecule has 3 aliphatic heterocycles. The Kier molecular flexibility index (Phi) is 7.62. The van der Waals surface area contributed by atoms with Gasteiger partial charge in [0, 0.05) is 29.4 Å². The maximum Gasteiger partial charge on any atom is 0.415 e. The highest BCUT2D eigenvalue weighted by molar-refractivity contribution is 9.10. The molecule has 0 saturated carbocycles. The number of nitrogens with zero attached hydrogens (tertiary/aromatic N) is 2. The second-order valence-corrected chi connectivity index (χ2v) is 9.94. The van der Waals surface area contributed by atoms with E-state index in [1.54, 1.807) is 17.0 Å². The van der Waals surface area contributed by atoms with Crippen LogP contribution in [0.3, 0.4) is 0 Å². The van der Waals surface area contributed by atoms with Crippen molar-refractivity contribution in [2.45, 2.75) is 18.2 Å². The SMILES string of the molecule is COc1cc(C2C(C#N)=C(N)OC3NNC(c4ccc(Br)cc4)C32)cc(OC)c1OC(=O)N1CCOCC1. The zero-order valence-corrected chi connectivity index (χ0v) is 22.5. The Morgan fingerprint density at radius 2 is 1.76 bits per heavy atom. The van der Waals surface area contributed by atoms with Crippen LogP contribution in [-0.4, -0.2) is 57.7 Å². The molecule has 2 aromatic carbocycles. The second-order valence-electron chi connectivity index (χ2n) is 9.02. The number of hydrogen-bond acceptors (Lipinski definition) is 10. The molecule has 4 N–H and O–H groups in total. The second kappa shape index (κ2) is 11.1. The van der Waals surface area contributed by atoms with Crippen molar-refractivity contribution in [2.24, 2.45) is 11.7 Å². The number of amides is 1. The van der Waals surface area contributed by atoms with Crippen molar-refractivity contribution in [1.29, 1.82) is 5.26 Å². The third kappa shape index (κ3) is 4.86. The summed E-state index contributed by atoms with van der Waals surface area (Å²) in [5.41, 5.74) is 14.7. The fourth-order valence-electron chi connectivity index (χ4n) is 5.13. The number of allylic oxidation sites excluding steroid dienone is 1. The van der Waals surface area contributed by atoms with Crippen LogP contribution >= 0.6 is 15.9 Å². The predicted octanol–water partition coefficient (Wildman–Crippen LogP) is 2.90. The maximum absolute atomic E-state index is 12.8. The lowest BCUT2D eigenvalue weighted by Crippen LogP contribution is -2.42. The predicted molar refractivity (Wildman–Crippen MR) is 139 cm³/mol. The average Bonchev–Trinajstić information content (AvgIpc) is 3.36. The van der Waals surface area contributed by atoms with Gasteiger partial charge in [-0.3, -0.25) is 0 Å². The molecule has 200 valence electrons. The van der Waals surface area contributed by atoms with Crippen molar-refractivity contribution in [2.75, 3.05) is 40.5 Å². The number of nitrogens with two attached hydrogens (primary N) is 1. The van der Waals surface area contributed by atoms with E-state index in [1.165, 1.54) is 14.2 Å². The fourth-order valence-corrected chi connectivity index (χ4v) is 5.39. The third-order valence-corrected chi connectivity index (χ3v) is 7.51. The number of methoxy groups -OCH3 is 2. The molecule has 0 bridgehead atoms. The minimum atomic E-state index is -0.523. The summed E-state index contributed by atoms with van der Waals surface area (Å²) < 4.78 is 29.2. The van der Waals surface area contributed by atoms with Gasteiger partial charge in [0.05, 0.1) is 39.0 Å².